The van der Waals surface area contributed by atoms with Gasteiger partial charge in [0.15, 0.2) is 0 Å². The Morgan fingerprint density at radius 3 is 2.10 bits per heavy atom. The van der Waals surface area contributed by atoms with E-state index in [1.807, 2.05) is 20.8 Å². The van der Waals surface area contributed by atoms with Crippen LogP contribution < -0.4 is 5.32 Å². The third-order valence-corrected chi connectivity index (χ3v) is 5.95. The molecule has 0 spiro atoms. The summed E-state index contributed by atoms with van der Waals surface area (Å²) in [6, 6.07) is 0.651. The number of nitrogens with one attached hydrogen (secondary N) is 1. The van der Waals surface area contributed by atoms with Crippen molar-refractivity contribution < 1.29 is 18.6 Å². The first-order chi connectivity index (χ1) is 13.6. The molecule has 1 atom stereocenters. The van der Waals surface area contributed by atoms with E-state index in [4.69, 9.17) is 20.4 Å². The highest BCUT2D eigenvalue weighted by Crippen LogP contribution is 2.45. The van der Waals surface area contributed by atoms with E-state index >= 15 is 0 Å². The average Bonchev–Trinajstić information content (AvgIpc) is 2.57. The maximum absolute atomic E-state index is 11.6. The third-order valence-electron chi connectivity index (χ3n) is 3.84. The van der Waals surface area contributed by atoms with Crippen molar-refractivity contribution in [3.63, 3.8) is 0 Å². The van der Waals surface area contributed by atoms with Crippen LogP contribution in [0, 0.1) is 6.57 Å². The van der Waals surface area contributed by atoms with E-state index in [2.05, 4.69) is 42.5 Å². The summed E-state index contributed by atoms with van der Waals surface area (Å²) < 4.78 is 19.4. The van der Waals surface area contributed by atoms with Gasteiger partial charge in [0.1, 0.15) is 12.2 Å². The number of unbranched alkanes of at least 4 members (excludes halogenated alkanes) is 4. The van der Waals surface area contributed by atoms with E-state index in [1.54, 1.807) is 0 Å². The van der Waals surface area contributed by atoms with E-state index in [0.29, 0.717) is 38.4 Å². The number of carbonyl (C=O) groups excluding carboxylic acids is 1. The van der Waals surface area contributed by atoms with E-state index in [0.717, 1.165) is 32.1 Å². The normalized spacial score (nSPS) is 13.0. The highest BCUT2D eigenvalue weighted by atomic mass is 31.2. The summed E-state index contributed by atoms with van der Waals surface area (Å²) in [6.07, 6.45) is 4.83. The van der Waals surface area contributed by atoms with Crippen LogP contribution in [0.25, 0.3) is 4.85 Å². The number of rotatable bonds is 15. The first kappa shape index (κ1) is 28.1. The van der Waals surface area contributed by atoms with Gasteiger partial charge in [-0.1, -0.05) is 19.3 Å². The van der Waals surface area contributed by atoms with Crippen LogP contribution in [0.2, 0.25) is 0 Å². The molecule has 0 fully saturated rings. The molecule has 0 radical (unpaired) electrons. The van der Waals surface area contributed by atoms with Gasteiger partial charge in [-0.3, -0.25) is 0 Å². The quantitative estimate of drug-likeness (QED) is 0.203. The number of ether oxygens (including phenoxy) is 1. The van der Waals surface area contributed by atoms with Crippen molar-refractivity contribution in [2.45, 2.75) is 98.3 Å². The molecule has 0 aromatic carbocycles. The van der Waals surface area contributed by atoms with Crippen molar-refractivity contribution in [3.05, 3.63) is 11.4 Å². The van der Waals surface area contributed by atoms with Crippen molar-refractivity contribution in [3.8, 4) is 0 Å². The molecule has 0 aliphatic rings. The lowest BCUT2D eigenvalue weighted by atomic mass is 10.1. The van der Waals surface area contributed by atoms with Gasteiger partial charge in [0.2, 0.25) is 6.54 Å². The molecule has 0 heterocycles. The summed E-state index contributed by atoms with van der Waals surface area (Å²) in [6.45, 7) is 23.1. The van der Waals surface area contributed by atoms with Crippen molar-refractivity contribution in [1.29, 1.82) is 0 Å². The third kappa shape index (κ3) is 15.6. The van der Waals surface area contributed by atoms with Gasteiger partial charge in [0.05, 0.1) is 6.61 Å². The minimum absolute atomic E-state index is 0.325. The van der Waals surface area contributed by atoms with Crippen LogP contribution in [-0.2, 0) is 13.8 Å². The fourth-order valence-corrected chi connectivity index (χ4v) is 4.33. The van der Waals surface area contributed by atoms with Gasteiger partial charge in [-0.25, -0.2) is 16.0 Å². The monoisotopic (exact) mass is 431 g/mol. The van der Waals surface area contributed by atoms with Crippen LogP contribution in [0.3, 0.4) is 0 Å². The maximum atomic E-state index is 11.6. The molecule has 29 heavy (non-hydrogen) atoms. The zero-order valence-electron chi connectivity index (χ0n) is 19.5. The van der Waals surface area contributed by atoms with Crippen LogP contribution in [-0.4, -0.2) is 54.8 Å². The molecule has 170 valence electrons. The van der Waals surface area contributed by atoms with Crippen molar-refractivity contribution in [2.75, 3.05) is 26.3 Å². The number of hydrogen-bond acceptors (Lipinski definition) is 5. The molecule has 0 aromatic rings. The van der Waals surface area contributed by atoms with Crippen LogP contribution in [0.1, 0.15) is 80.6 Å². The van der Waals surface area contributed by atoms with Gasteiger partial charge >= 0.3 is 6.09 Å². The number of nitrogens with zero attached hydrogens (tertiary/aromatic N) is 2. The smallest absolute Gasteiger partial charge is 0.407 e. The number of carbonyl (C=O) groups is 1. The molecule has 1 N–H and O–H groups in total. The maximum Gasteiger partial charge on any atom is 0.407 e. The molecule has 0 aliphatic heterocycles. The number of amides is 1. The fraction of sp³-hybridized carbons (Fsp3) is 0.905. The van der Waals surface area contributed by atoms with Crippen LogP contribution in [0.5, 0.6) is 0 Å². The lowest BCUT2D eigenvalue weighted by molar-refractivity contribution is 0.0527. The Bertz CT molecular complexity index is 468. The second-order valence-corrected chi connectivity index (χ2v) is 10.0. The van der Waals surface area contributed by atoms with Gasteiger partial charge in [0, 0.05) is 18.6 Å². The highest BCUT2D eigenvalue weighted by Gasteiger charge is 2.27. The van der Waals surface area contributed by atoms with Crippen molar-refractivity contribution in [1.82, 2.24) is 9.99 Å². The van der Waals surface area contributed by atoms with E-state index in [-0.39, 0.29) is 6.09 Å². The van der Waals surface area contributed by atoms with Gasteiger partial charge < -0.3 is 23.9 Å². The second-order valence-electron chi connectivity index (χ2n) is 8.55. The molecular weight excluding hydrogens is 389 g/mol. The lowest BCUT2D eigenvalue weighted by Crippen LogP contribution is -2.33. The topological polar surface area (TPSA) is 64.4 Å². The summed E-state index contributed by atoms with van der Waals surface area (Å²) in [5, 5.41) is 2.79. The zero-order chi connectivity index (χ0) is 22.3. The van der Waals surface area contributed by atoms with Crippen LogP contribution in [0.4, 0.5) is 4.79 Å². The Morgan fingerprint density at radius 2 is 1.55 bits per heavy atom. The molecule has 1 unspecified atom stereocenters. The van der Waals surface area contributed by atoms with E-state index in [1.165, 1.54) is 0 Å². The number of alkyl carbamates (subject to hydrolysis) is 1. The first-order valence-corrected chi connectivity index (χ1v) is 11.9. The Labute approximate surface area is 179 Å². The molecule has 0 aliphatic carbocycles. The molecule has 0 rings (SSSR count). The molecule has 8 heteroatoms. The molecule has 0 aromatic heterocycles. The van der Waals surface area contributed by atoms with E-state index < -0.39 is 14.1 Å². The van der Waals surface area contributed by atoms with Crippen molar-refractivity contribution in [2.24, 2.45) is 0 Å². The molecule has 1 amide bonds. The van der Waals surface area contributed by atoms with Gasteiger partial charge in [-0.05, 0) is 61.3 Å². The summed E-state index contributed by atoms with van der Waals surface area (Å²) in [5.41, 5.74) is -0.454. The second kappa shape index (κ2) is 15.8. The molecule has 0 saturated carbocycles. The minimum Gasteiger partial charge on any atom is -0.444 e. The molecular formula is C21H42N3O4P. The Morgan fingerprint density at radius 1 is 1.00 bits per heavy atom. The fourth-order valence-electron chi connectivity index (χ4n) is 2.71. The summed E-state index contributed by atoms with van der Waals surface area (Å²) in [7, 11) is -1.14. The molecule has 7 nitrogen and oxygen atoms in total. The highest BCUT2D eigenvalue weighted by molar-refractivity contribution is 7.44. The molecule has 0 bridgehead atoms. The predicted octanol–water partition coefficient (Wildman–Crippen LogP) is 5.76. The summed E-state index contributed by atoms with van der Waals surface area (Å²) in [5.74, 6) is 0. The summed E-state index contributed by atoms with van der Waals surface area (Å²) >= 11 is 0. The van der Waals surface area contributed by atoms with Gasteiger partial charge in [-0.15, -0.1) is 0 Å². The SMILES string of the molecule is [C-]#[N+]CCOP(OCCCCCCCNC(=O)OC(C)(C)C)N(C(C)C)C(C)C. The zero-order valence-corrected chi connectivity index (χ0v) is 20.4. The Hall–Kier alpha value is -0.930. The van der Waals surface area contributed by atoms with Crippen molar-refractivity contribution >= 4 is 14.6 Å². The Balaban J connectivity index is 4.00. The largest absolute Gasteiger partial charge is 0.444 e. The van der Waals surface area contributed by atoms with Gasteiger partial charge in [0.25, 0.3) is 8.53 Å². The lowest BCUT2D eigenvalue weighted by Gasteiger charge is -2.35. The first-order valence-electron chi connectivity index (χ1n) is 10.7. The average molecular weight is 432 g/mol. The van der Waals surface area contributed by atoms with Gasteiger partial charge in [-0.2, -0.15) is 0 Å². The van der Waals surface area contributed by atoms with Crippen LogP contribution >= 0.6 is 8.53 Å². The predicted molar refractivity (Wildman–Crippen MR) is 120 cm³/mol. The van der Waals surface area contributed by atoms with E-state index in [9.17, 15) is 4.79 Å². The standard InChI is InChI=1S/C21H42N3O4P/c1-18(2)24(19(3)4)29(27-17-15-22-8)26-16-13-11-9-10-12-14-23-20(25)28-21(5,6)7/h18-19H,9-17H2,1-7H3,(H,23,25). The Kier molecular flexibility index (Phi) is 15.3. The van der Waals surface area contributed by atoms with Crippen LogP contribution in [0.15, 0.2) is 0 Å². The minimum atomic E-state index is -1.14. The molecule has 0 saturated heterocycles. The summed E-state index contributed by atoms with van der Waals surface area (Å²) in [4.78, 5) is 14.9. The number of hydrogen-bond donors (Lipinski definition) is 1.